The second-order valence-electron chi connectivity index (χ2n) is 10.9. The molecule has 9 aromatic rings. The monoisotopic (exact) mass is 567 g/mol. The highest BCUT2D eigenvalue weighted by Gasteiger charge is 2.22. The fourth-order valence-corrected chi connectivity index (χ4v) is 7.58. The van der Waals surface area contributed by atoms with Gasteiger partial charge in [0.2, 0.25) is 0 Å². The predicted octanol–water partition coefficient (Wildman–Crippen LogP) is 12.2. The van der Waals surface area contributed by atoms with Crippen LogP contribution in [0, 0.1) is 0 Å². The molecule has 2 nitrogen and oxygen atoms in total. The Balaban J connectivity index is 1.35. The molecule has 0 saturated heterocycles. The Morgan fingerprint density at radius 1 is 0.465 bits per heavy atom. The topological polar surface area (TPSA) is 16.4 Å². The van der Waals surface area contributed by atoms with Crippen molar-refractivity contribution >= 4 is 81.3 Å². The largest absolute Gasteiger partial charge is 0.454 e. The summed E-state index contributed by atoms with van der Waals surface area (Å²) in [4.78, 5) is 2.37. The van der Waals surface area contributed by atoms with Gasteiger partial charge in [-0.05, 0) is 58.8 Å². The highest BCUT2D eigenvalue weighted by Crippen LogP contribution is 2.47. The summed E-state index contributed by atoms with van der Waals surface area (Å²) in [6.07, 6.45) is 0. The lowest BCUT2D eigenvalue weighted by molar-refractivity contribution is 0.669. The molecule has 0 aliphatic heterocycles. The number of rotatable bonds is 4. The summed E-state index contributed by atoms with van der Waals surface area (Å²) < 4.78 is 9.33. The van der Waals surface area contributed by atoms with Gasteiger partial charge in [-0.1, -0.05) is 109 Å². The van der Waals surface area contributed by atoms with Gasteiger partial charge in [0, 0.05) is 42.2 Å². The van der Waals surface area contributed by atoms with Gasteiger partial charge in [0.1, 0.15) is 5.58 Å². The van der Waals surface area contributed by atoms with Gasteiger partial charge in [0.25, 0.3) is 0 Å². The van der Waals surface area contributed by atoms with Crippen molar-refractivity contribution in [2.24, 2.45) is 0 Å². The van der Waals surface area contributed by atoms with E-state index in [0.717, 1.165) is 39.0 Å². The summed E-state index contributed by atoms with van der Waals surface area (Å²) in [5.74, 6) is 0. The first-order valence-electron chi connectivity index (χ1n) is 14.5. The van der Waals surface area contributed by atoms with Crippen LogP contribution < -0.4 is 4.90 Å². The maximum Gasteiger partial charge on any atom is 0.159 e. The Labute approximate surface area is 252 Å². The number of hydrogen-bond acceptors (Lipinski definition) is 3. The molecule has 2 aromatic heterocycles. The predicted molar refractivity (Wildman–Crippen MR) is 184 cm³/mol. The van der Waals surface area contributed by atoms with E-state index in [0.29, 0.717) is 0 Å². The number of benzene rings is 7. The molecule has 0 atom stereocenters. The molecule has 0 spiro atoms. The first kappa shape index (κ1) is 24.2. The molecular formula is C40H25NOS. The third-order valence-electron chi connectivity index (χ3n) is 8.44. The summed E-state index contributed by atoms with van der Waals surface area (Å²) in [7, 11) is 0. The van der Waals surface area contributed by atoms with E-state index in [4.69, 9.17) is 4.42 Å². The van der Waals surface area contributed by atoms with E-state index in [1.54, 1.807) is 0 Å². The third kappa shape index (κ3) is 3.86. The second kappa shape index (κ2) is 9.59. The standard InChI is InChI=1S/C40H25NOS/c1-2-11-26(12-3-1)30-15-6-8-18-35(30)41(29-21-22-32-31-16-7-9-20-38(31)43-39(32)25-29)36-19-10-17-33-34-23-27-13-4-5-14-28(27)24-37(34)42-40(33)36/h1-25H. The lowest BCUT2D eigenvalue weighted by Crippen LogP contribution is -2.11. The summed E-state index contributed by atoms with van der Waals surface area (Å²) in [6.45, 7) is 0. The Hall–Kier alpha value is -5.38. The fourth-order valence-electron chi connectivity index (χ4n) is 6.44. The molecule has 9 rings (SSSR count). The molecule has 7 aromatic carbocycles. The zero-order valence-corrected chi connectivity index (χ0v) is 24.0. The Morgan fingerprint density at radius 2 is 1.16 bits per heavy atom. The first-order valence-corrected chi connectivity index (χ1v) is 15.3. The molecule has 202 valence electrons. The van der Waals surface area contributed by atoms with Gasteiger partial charge < -0.3 is 9.32 Å². The van der Waals surface area contributed by atoms with Crippen molar-refractivity contribution in [2.75, 3.05) is 4.90 Å². The van der Waals surface area contributed by atoms with Crippen molar-refractivity contribution in [1.82, 2.24) is 0 Å². The molecule has 0 aliphatic rings. The van der Waals surface area contributed by atoms with Crippen LogP contribution in [0.2, 0.25) is 0 Å². The number of para-hydroxylation sites is 2. The quantitative estimate of drug-likeness (QED) is 0.210. The van der Waals surface area contributed by atoms with Crippen LogP contribution >= 0.6 is 11.3 Å². The maximum absolute atomic E-state index is 6.76. The SMILES string of the molecule is c1ccc(-c2ccccc2N(c2ccc3c(c2)sc2ccccc23)c2cccc3c2oc2cc4ccccc4cc23)cc1. The van der Waals surface area contributed by atoms with E-state index < -0.39 is 0 Å². The molecule has 0 bridgehead atoms. The summed E-state index contributed by atoms with van der Waals surface area (Å²) in [5.41, 5.74) is 7.34. The van der Waals surface area contributed by atoms with Crippen LogP contribution in [0.5, 0.6) is 0 Å². The number of thiophene rings is 1. The van der Waals surface area contributed by atoms with Gasteiger partial charge in [-0.3, -0.25) is 0 Å². The summed E-state index contributed by atoms with van der Waals surface area (Å²) in [6, 6.07) is 54.2. The zero-order valence-electron chi connectivity index (χ0n) is 23.2. The average Bonchev–Trinajstić information content (AvgIpc) is 3.62. The molecule has 0 N–H and O–H groups in total. The van der Waals surface area contributed by atoms with Crippen molar-refractivity contribution in [2.45, 2.75) is 0 Å². The fraction of sp³-hybridized carbons (Fsp3) is 0. The summed E-state index contributed by atoms with van der Waals surface area (Å²) in [5, 5.41) is 7.22. The number of fused-ring (bicyclic) bond motifs is 7. The third-order valence-corrected chi connectivity index (χ3v) is 9.57. The van der Waals surface area contributed by atoms with Gasteiger partial charge in [-0.25, -0.2) is 0 Å². The van der Waals surface area contributed by atoms with Crippen LogP contribution in [-0.2, 0) is 0 Å². The van der Waals surface area contributed by atoms with E-state index in [2.05, 4.69) is 157 Å². The van der Waals surface area contributed by atoms with Crippen LogP contribution in [0.4, 0.5) is 17.1 Å². The molecule has 0 aliphatic carbocycles. The maximum atomic E-state index is 6.76. The van der Waals surface area contributed by atoms with E-state index >= 15 is 0 Å². The number of hydrogen-bond donors (Lipinski definition) is 0. The Kier molecular flexibility index (Phi) is 5.40. The lowest BCUT2D eigenvalue weighted by atomic mass is 10.0. The van der Waals surface area contributed by atoms with Gasteiger partial charge in [0.15, 0.2) is 5.58 Å². The molecule has 0 saturated carbocycles. The van der Waals surface area contributed by atoms with Crippen molar-refractivity contribution in [3.8, 4) is 11.1 Å². The normalized spacial score (nSPS) is 11.7. The number of anilines is 3. The van der Waals surface area contributed by atoms with E-state index in [-0.39, 0.29) is 0 Å². The molecular weight excluding hydrogens is 543 g/mol. The van der Waals surface area contributed by atoms with Gasteiger partial charge >= 0.3 is 0 Å². The molecule has 0 amide bonds. The van der Waals surface area contributed by atoms with Crippen LogP contribution in [0.1, 0.15) is 0 Å². The second-order valence-corrected chi connectivity index (χ2v) is 12.0. The smallest absolute Gasteiger partial charge is 0.159 e. The van der Waals surface area contributed by atoms with Crippen LogP contribution in [0.3, 0.4) is 0 Å². The molecule has 0 unspecified atom stereocenters. The minimum atomic E-state index is 0.882. The minimum absolute atomic E-state index is 0.882. The van der Waals surface area contributed by atoms with Crippen molar-refractivity contribution in [3.63, 3.8) is 0 Å². The highest BCUT2D eigenvalue weighted by molar-refractivity contribution is 7.25. The van der Waals surface area contributed by atoms with E-state index in [9.17, 15) is 0 Å². The Bertz CT molecular complexity index is 2470. The number of nitrogens with zero attached hydrogens (tertiary/aromatic N) is 1. The van der Waals surface area contributed by atoms with Crippen LogP contribution in [0.25, 0.3) is 64.0 Å². The van der Waals surface area contributed by atoms with Crippen LogP contribution in [0.15, 0.2) is 156 Å². The minimum Gasteiger partial charge on any atom is -0.454 e. The molecule has 0 radical (unpaired) electrons. The molecule has 2 heterocycles. The number of furan rings is 1. The lowest BCUT2D eigenvalue weighted by Gasteiger charge is -2.28. The summed E-state index contributed by atoms with van der Waals surface area (Å²) >= 11 is 1.84. The average molecular weight is 568 g/mol. The molecule has 0 fully saturated rings. The first-order chi connectivity index (χ1) is 21.3. The Morgan fingerprint density at radius 3 is 2.07 bits per heavy atom. The van der Waals surface area contributed by atoms with E-state index in [1.807, 2.05) is 11.3 Å². The van der Waals surface area contributed by atoms with E-state index in [1.165, 1.54) is 42.1 Å². The van der Waals surface area contributed by atoms with Gasteiger partial charge in [0.05, 0.1) is 11.4 Å². The highest BCUT2D eigenvalue weighted by atomic mass is 32.1. The van der Waals surface area contributed by atoms with Crippen LogP contribution in [-0.4, -0.2) is 0 Å². The van der Waals surface area contributed by atoms with Crippen molar-refractivity contribution < 1.29 is 4.42 Å². The zero-order chi connectivity index (χ0) is 28.3. The van der Waals surface area contributed by atoms with Gasteiger partial charge in [-0.15, -0.1) is 11.3 Å². The molecule has 43 heavy (non-hydrogen) atoms. The van der Waals surface area contributed by atoms with Crippen molar-refractivity contribution in [3.05, 3.63) is 152 Å². The molecule has 3 heteroatoms. The van der Waals surface area contributed by atoms with Gasteiger partial charge in [-0.2, -0.15) is 0 Å². The van der Waals surface area contributed by atoms with Crippen molar-refractivity contribution in [1.29, 1.82) is 0 Å².